The van der Waals surface area contributed by atoms with E-state index in [9.17, 15) is 21.6 Å². The Balaban J connectivity index is 1.62. The lowest BCUT2D eigenvalue weighted by molar-refractivity contribution is -0.125. The number of ether oxygens (including phenoxy) is 2. The van der Waals surface area contributed by atoms with Crippen LogP contribution in [0.3, 0.4) is 0 Å². The molecule has 11 nitrogen and oxygen atoms in total. The van der Waals surface area contributed by atoms with Crippen LogP contribution in [-0.4, -0.2) is 77.5 Å². The first-order valence-electron chi connectivity index (χ1n) is 11.9. The monoisotopic (exact) mass is 572 g/mol. The van der Waals surface area contributed by atoms with Crippen LogP contribution in [0.4, 0.5) is 0 Å². The zero-order valence-corrected chi connectivity index (χ0v) is 22.9. The topological polar surface area (TPSA) is 135 Å². The summed E-state index contributed by atoms with van der Waals surface area (Å²) in [5.74, 6) is 0.223. The number of nitrogens with one attached hydrogen (secondary N) is 1. The SMILES string of the molecule is COc1ccc(/C=N\NC(=O)[C@@H]2CN(S(=O)(=O)c3ccccc3)CCN2S(=O)(=O)c2ccccc2)c(OC)c1. The molecule has 0 spiro atoms. The second-order valence-corrected chi connectivity index (χ2v) is 12.3. The van der Waals surface area contributed by atoms with Gasteiger partial charge in [-0.2, -0.15) is 13.7 Å². The van der Waals surface area contributed by atoms with Gasteiger partial charge >= 0.3 is 0 Å². The van der Waals surface area contributed by atoms with Crippen molar-refractivity contribution >= 4 is 32.2 Å². The van der Waals surface area contributed by atoms with Crippen molar-refractivity contribution in [1.29, 1.82) is 0 Å². The fourth-order valence-electron chi connectivity index (χ4n) is 4.10. The number of carbonyl (C=O) groups is 1. The zero-order valence-electron chi connectivity index (χ0n) is 21.3. The van der Waals surface area contributed by atoms with E-state index in [2.05, 4.69) is 10.5 Å². The van der Waals surface area contributed by atoms with Gasteiger partial charge in [0.15, 0.2) is 0 Å². The molecule has 1 amide bonds. The second-order valence-electron chi connectivity index (χ2n) is 8.46. The van der Waals surface area contributed by atoms with Crippen molar-refractivity contribution in [3.63, 3.8) is 0 Å². The Hall–Kier alpha value is -3.78. The van der Waals surface area contributed by atoms with Crippen molar-refractivity contribution in [2.45, 2.75) is 15.8 Å². The van der Waals surface area contributed by atoms with Crippen molar-refractivity contribution in [3.05, 3.63) is 84.4 Å². The molecule has 1 heterocycles. The lowest BCUT2D eigenvalue weighted by atomic mass is 10.2. The minimum absolute atomic E-state index is 0.00589. The van der Waals surface area contributed by atoms with Crippen LogP contribution >= 0.6 is 0 Å². The number of sulfonamides is 2. The Morgan fingerprint density at radius 1 is 0.872 bits per heavy atom. The summed E-state index contributed by atoms with van der Waals surface area (Å²) >= 11 is 0. The largest absolute Gasteiger partial charge is 0.497 e. The summed E-state index contributed by atoms with van der Waals surface area (Å²) in [5, 5.41) is 3.98. The molecule has 3 aromatic carbocycles. The number of hydrogen-bond donors (Lipinski definition) is 1. The maximum Gasteiger partial charge on any atom is 0.259 e. The number of amides is 1. The average Bonchev–Trinajstić information content (AvgIpc) is 2.97. The molecule has 1 atom stereocenters. The maximum absolute atomic E-state index is 13.5. The van der Waals surface area contributed by atoms with E-state index in [4.69, 9.17) is 9.47 Å². The number of methoxy groups -OCH3 is 2. The van der Waals surface area contributed by atoms with Crippen LogP contribution in [-0.2, 0) is 24.8 Å². The number of nitrogens with zero attached hydrogens (tertiary/aromatic N) is 3. The summed E-state index contributed by atoms with van der Waals surface area (Å²) in [5.41, 5.74) is 2.89. The summed E-state index contributed by atoms with van der Waals surface area (Å²) in [4.78, 5) is 13.4. The second kappa shape index (κ2) is 11.9. The van der Waals surface area contributed by atoms with Crippen LogP contribution in [0.2, 0.25) is 0 Å². The van der Waals surface area contributed by atoms with Gasteiger partial charge in [-0.05, 0) is 36.4 Å². The van der Waals surface area contributed by atoms with Crippen LogP contribution < -0.4 is 14.9 Å². The molecule has 13 heteroatoms. The van der Waals surface area contributed by atoms with E-state index in [0.717, 1.165) is 8.61 Å². The first-order valence-corrected chi connectivity index (χ1v) is 14.7. The Bertz CT molecular complexity index is 1550. The van der Waals surface area contributed by atoms with Gasteiger partial charge in [-0.15, -0.1) is 0 Å². The van der Waals surface area contributed by atoms with Crippen LogP contribution in [0.1, 0.15) is 5.56 Å². The quantitative estimate of drug-likeness (QED) is 0.306. The molecular formula is C26H28N4O7S2. The molecule has 39 heavy (non-hydrogen) atoms. The molecule has 1 aliphatic rings. The molecular weight excluding hydrogens is 544 g/mol. The third-order valence-electron chi connectivity index (χ3n) is 6.15. The molecule has 0 unspecified atom stereocenters. The summed E-state index contributed by atoms with van der Waals surface area (Å²) in [6, 6.07) is 19.1. The summed E-state index contributed by atoms with van der Waals surface area (Å²) in [6.45, 7) is -0.743. The van der Waals surface area contributed by atoms with E-state index in [-0.39, 0.29) is 22.9 Å². The van der Waals surface area contributed by atoms with E-state index in [1.165, 1.54) is 44.7 Å². The molecule has 1 N–H and O–H groups in total. The molecule has 3 aromatic rings. The van der Waals surface area contributed by atoms with E-state index < -0.39 is 38.5 Å². The van der Waals surface area contributed by atoms with Crippen molar-refractivity contribution in [3.8, 4) is 11.5 Å². The lowest BCUT2D eigenvalue weighted by Gasteiger charge is -2.38. The first kappa shape index (κ1) is 28.2. The molecule has 0 radical (unpaired) electrons. The van der Waals surface area contributed by atoms with Gasteiger partial charge in [0, 0.05) is 31.3 Å². The highest BCUT2D eigenvalue weighted by atomic mass is 32.2. The predicted octanol–water partition coefficient (Wildman–Crippen LogP) is 1.92. The molecule has 1 saturated heterocycles. The number of hydrogen-bond acceptors (Lipinski definition) is 8. The molecule has 0 aromatic heterocycles. The Labute approximate surface area is 227 Å². The van der Waals surface area contributed by atoms with Gasteiger partial charge < -0.3 is 9.47 Å². The third-order valence-corrected chi connectivity index (χ3v) is 9.95. The fraction of sp³-hybridized carbons (Fsp3) is 0.231. The number of piperazine rings is 1. The number of benzene rings is 3. The molecule has 1 fully saturated rings. The highest BCUT2D eigenvalue weighted by Crippen LogP contribution is 2.26. The van der Waals surface area contributed by atoms with Crippen molar-refractivity contribution in [1.82, 2.24) is 14.0 Å². The van der Waals surface area contributed by atoms with E-state index in [1.54, 1.807) is 54.6 Å². The van der Waals surface area contributed by atoms with E-state index in [0.29, 0.717) is 17.1 Å². The van der Waals surface area contributed by atoms with E-state index >= 15 is 0 Å². The van der Waals surface area contributed by atoms with Gasteiger partial charge in [-0.1, -0.05) is 36.4 Å². The minimum atomic E-state index is -4.12. The average molecular weight is 573 g/mol. The summed E-state index contributed by atoms with van der Waals surface area (Å²) in [6.07, 6.45) is 1.34. The fourth-order valence-corrected chi connectivity index (χ4v) is 7.15. The third kappa shape index (κ3) is 6.11. The number of rotatable bonds is 9. The Morgan fingerprint density at radius 2 is 1.49 bits per heavy atom. The van der Waals surface area contributed by atoms with Crippen molar-refractivity contribution in [2.75, 3.05) is 33.9 Å². The molecule has 206 valence electrons. The van der Waals surface area contributed by atoms with Gasteiger partial charge in [0.1, 0.15) is 17.5 Å². The molecule has 4 rings (SSSR count). The van der Waals surface area contributed by atoms with Gasteiger partial charge in [0.05, 0.1) is 30.2 Å². The zero-order chi connectivity index (χ0) is 28.0. The van der Waals surface area contributed by atoms with E-state index in [1.807, 2.05) is 0 Å². The Kier molecular flexibility index (Phi) is 8.65. The molecule has 0 saturated carbocycles. The Morgan fingerprint density at radius 3 is 2.08 bits per heavy atom. The van der Waals surface area contributed by atoms with Crippen LogP contribution in [0.15, 0.2) is 93.8 Å². The minimum Gasteiger partial charge on any atom is -0.497 e. The molecule has 0 bridgehead atoms. The number of hydrazone groups is 1. The number of carbonyl (C=O) groups excluding carboxylic acids is 1. The first-order chi connectivity index (χ1) is 18.7. The lowest BCUT2D eigenvalue weighted by Crippen LogP contribution is -2.60. The predicted molar refractivity (Wildman–Crippen MR) is 145 cm³/mol. The van der Waals surface area contributed by atoms with Crippen LogP contribution in [0.25, 0.3) is 0 Å². The normalized spacial score (nSPS) is 17.1. The van der Waals surface area contributed by atoms with Gasteiger partial charge in [-0.25, -0.2) is 22.3 Å². The van der Waals surface area contributed by atoms with Gasteiger partial charge in [-0.3, -0.25) is 4.79 Å². The van der Waals surface area contributed by atoms with Gasteiger partial charge in [0.2, 0.25) is 20.0 Å². The van der Waals surface area contributed by atoms with Crippen molar-refractivity contribution in [2.24, 2.45) is 5.10 Å². The van der Waals surface area contributed by atoms with Crippen LogP contribution in [0, 0.1) is 0 Å². The smallest absolute Gasteiger partial charge is 0.259 e. The van der Waals surface area contributed by atoms with Gasteiger partial charge in [0.25, 0.3) is 5.91 Å². The van der Waals surface area contributed by atoms with Crippen LogP contribution in [0.5, 0.6) is 11.5 Å². The highest BCUT2D eigenvalue weighted by molar-refractivity contribution is 7.89. The standard InChI is InChI=1S/C26H28N4O7S2/c1-36-21-14-13-20(25(17-21)37-2)18-27-28-26(31)24-19-29(38(32,33)22-9-5-3-6-10-22)15-16-30(24)39(34,35)23-11-7-4-8-12-23/h3-14,17-18,24H,15-16,19H2,1-2H3,(H,28,31)/b27-18-/t24-/m0/s1. The molecule has 0 aliphatic carbocycles. The highest BCUT2D eigenvalue weighted by Gasteiger charge is 2.43. The van der Waals surface area contributed by atoms with Crippen molar-refractivity contribution < 1.29 is 31.1 Å². The molecule has 1 aliphatic heterocycles. The summed E-state index contributed by atoms with van der Waals surface area (Å²) < 4.78 is 66.1. The maximum atomic E-state index is 13.5. The summed E-state index contributed by atoms with van der Waals surface area (Å²) in [7, 11) is -5.11.